The van der Waals surface area contributed by atoms with Gasteiger partial charge in [-0.15, -0.1) is 0 Å². The number of nitrogens with one attached hydrogen (secondary N) is 2. The number of hydrogen-bond donors (Lipinski definition) is 2. The lowest BCUT2D eigenvalue weighted by molar-refractivity contribution is 0.128. The Bertz CT molecular complexity index is 458. The number of rotatable bonds is 11. The second kappa shape index (κ2) is 12.6. The van der Waals surface area contributed by atoms with Crippen molar-refractivity contribution in [3.05, 3.63) is 29.8 Å². The number of hydrogen-bond acceptors (Lipinski definition) is 3. The maximum atomic E-state index is 5.59. The summed E-state index contributed by atoms with van der Waals surface area (Å²) in [5.41, 5.74) is 1.32. The van der Waals surface area contributed by atoms with Crippen LogP contribution >= 0.6 is 0 Å². The largest absolute Gasteiger partial charge is 0.497 e. The van der Waals surface area contributed by atoms with Gasteiger partial charge in [0, 0.05) is 26.7 Å². The Labute approximate surface area is 146 Å². The van der Waals surface area contributed by atoms with E-state index in [1.54, 1.807) is 14.2 Å². The van der Waals surface area contributed by atoms with Crippen LogP contribution in [0.3, 0.4) is 0 Å². The minimum Gasteiger partial charge on any atom is -0.497 e. The quantitative estimate of drug-likeness (QED) is 0.371. The van der Waals surface area contributed by atoms with E-state index in [2.05, 4.69) is 41.6 Å². The van der Waals surface area contributed by atoms with E-state index in [0.717, 1.165) is 50.7 Å². The number of ether oxygens (including phenoxy) is 2. The number of guanidine groups is 1. The zero-order chi connectivity index (χ0) is 17.6. The predicted molar refractivity (Wildman–Crippen MR) is 101 cm³/mol. The number of nitrogens with zero attached hydrogens (tertiary/aromatic N) is 1. The van der Waals surface area contributed by atoms with Crippen LogP contribution in [-0.2, 0) is 11.2 Å². The third-order valence-electron chi connectivity index (χ3n) is 3.70. The molecule has 0 saturated carbocycles. The summed E-state index contributed by atoms with van der Waals surface area (Å²) in [6.45, 7) is 7.61. The Morgan fingerprint density at radius 1 is 1.08 bits per heavy atom. The van der Waals surface area contributed by atoms with E-state index in [-0.39, 0.29) is 0 Å². The molecule has 0 heterocycles. The Morgan fingerprint density at radius 2 is 1.79 bits per heavy atom. The Kier molecular flexibility index (Phi) is 10.7. The summed E-state index contributed by atoms with van der Waals surface area (Å²) in [6.07, 6.45) is 3.20. The average molecular weight is 335 g/mol. The van der Waals surface area contributed by atoms with Crippen LogP contribution in [0, 0.1) is 5.92 Å². The summed E-state index contributed by atoms with van der Waals surface area (Å²) < 4.78 is 10.8. The summed E-state index contributed by atoms with van der Waals surface area (Å²) in [5, 5.41) is 6.60. The van der Waals surface area contributed by atoms with Crippen LogP contribution in [0.5, 0.6) is 5.75 Å². The monoisotopic (exact) mass is 335 g/mol. The third-order valence-corrected chi connectivity index (χ3v) is 3.70. The predicted octanol–water partition coefficient (Wildman–Crippen LogP) is 2.86. The molecule has 0 spiro atoms. The van der Waals surface area contributed by atoms with Gasteiger partial charge in [0.15, 0.2) is 5.96 Å². The van der Waals surface area contributed by atoms with Crippen molar-refractivity contribution < 1.29 is 9.47 Å². The highest BCUT2D eigenvalue weighted by molar-refractivity contribution is 5.79. The molecule has 0 atom stereocenters. The summed E-state index contributed by atoms with van der Waals surface area (Å²) in [7, 11) is 3.48. The third kappa shape index (κ3) is 9.40. The van der Waals surface area contributed by atoms with Gasteiger partial charge in [-0.05, 0) is 42.9 Å². The molecule has 0 aliphatic heterocycles. The van der Waals surface area contributed by atoms with Crippen LogP contribution in [0.2, 0.25) is 0 Å². The zero-order valence-corrected chi connectivity index (χ0v) is 15.6. The minimum atomic E-state index is 0.693. The maximum Gasteiger partial charge on any atom is 0.191 e. The molecule has 24 heavy (non-hydrogen) atoms. The molecule has 0 aliphatic rings. The van der Waals surface area contributed by atoms with Gasteiger partial charge in [-0.3, -0.25) is 4.99 Å². The van der Waals surface area contributed by atoms with Crippen molar-refractivity contribution in [2.75, 3.05) is 40.5 Å². The summed E-state index contributed by atoms with van der Waals surface area (Å²) in [5.74, 6) is 2.42. The first-order valence-corrected chi connectivity index (χ1v) is 8.81. The van der Waals surface area contributed by atoms with Crippen molar-refractivity contribution in [3.8, 4) is 5.75 Å². The van der Waals surface area contributed by atoms with E-state index >= 15 is 0 Å². The first kappa shape index (κ1) is 20.3. The highest BCUT2D eigenvalue weighted by Gasteiger charge is 1.99. The molecule has 0 saturated heterocycles. The Morgan fingerprint density at radius 3 is 2.42 bits per heavy atom. The van der Waals surface area contributed by atoms with Gasteiger partial charge in [-0.25, -0.2) is 0 Å². The number of aryl methyl sites for hydroxylation is 1. The van der Waals surface area contributed by atoms with Crippen LogP contribution in [0.15, 0.2) is 29.3 Å². The fourth-order valence-electron chi connectivity index (χ4n) is 2.17. The van der Waals surface area contributed by atoms with Crippen molar-refractivity contribution >= 4 is 5.96 Å². The second-order valence-corrected chi connectivity index (χ2v) is 6.17. The highest BCUT2D eigenvalue weighted by atomic mass is 16.5. The fraction of sp³-hybridized carbons (Fsp3) is 0.632. The number of methoxy groups -OCH3 is 1. The van der Waals surface area contributed by atoms with Gasteiger partial charge in [-0.2, -0.15) is 0 Å². The van der Waals surface area contributed by atoms with Gasteiger partial charge in [0.25, 0.3) is 0 Å². The SMILES string of the molecule is CN=C(NCCCc1ccc(OC)cc1)NCCOCCC(C)C. The van der Waals surface area contributed by atoms with E-state index in [0.29, 0.717) is 12.5 Å². The van der Waals surface area contributed by atoms with E-state index in [4.69, 9.17) is 9.47 Å². The molecule has 2 N–H and O–H groups in total. The molecule has 0 bridgehead atoms. The molecule has 0 amide bonds. The molecule has 136 valence electrons. The molecule has 1 rings (SSSR count). The van der Waals surface area contributed by atoms with Crippen molar-refractivity contribution in [3.63, 3.8) is 0 Å². The van der Waals surface area contributed by atoms with Gasteiger partial charge in [0.05, 0.1) is 13.7 Å². The highest BCUT2D eigenvalue weighted by Crippen LogP contribution is 2.12. The molecule has 0 aliphatic carbocycles. The number of benzene rings is 1. The summed E-state index contributed by atoms with van der Waals surface area (Å²) in [4.78, 5) is 4.22. The van der Waals surface area contributed by atoms with Gasteiger partial charge >= 0.3 is 0 Å². The molecular formula is C19H33N3O2. The Hall–Kier alpha value is -1.75. The second-order valence-electron chi connectivity index (χ2n) is 6.17. The first-order chi connectivity index (χ1) is 11.7. The summed E-state index contributed by atoms with van der Waals surface area (Å²) >= 11 is 0. The van der Waals surface area contributed by atoms with E-state index in [1.165, 1.54) is 5.56 Å². The average Bonchev–Trinajstić information content (AvgIpc) is 2.60. The van der Waals surface area contributed by atoms with Crippen molar-refractivity contribution in [2.45, 2.75) is 33.1 Å². The molecule has 0 fully saturated rings. The molecule has 1 aromatic carbocycles. The summed E-state index contributed by atoms with van der Waals surface area (Å²) in [6, 6.07) is 8.23. The topological polar surface area (TPSA) is 54.9 Å². The maximum absolute atomic E-state index is 5.59. The van der Waals surface area contributed by atoms with Crippen molar-refractivity contribution in [2.24, 2.45) is 10.9 Å². The lowest BCUT2D eigenvalue weighted by Gasteiger charge is -2.12. The molecule has 5 nitrogen and oxygen atoms in total. The molecule has 1 aromatic rings. The minimum absolute atomic E-state index is 0.693. The van der Waals surface area contributed by atoms with Gasteiger partial charge in [0.2, 0.25) is 0 Å². The van der Waals surface area contributed by atoms with Crippen LogP contribution in [-0.4, -0.2) is 46.4 Å². The van der Waals surface area contributed by atoms with Crippen LogP contribution < -0.4 is 15.4 Å². The Balaban J connectivity index is 2.08. The molecule has 0 unspecified atom stereocenters. The van der Waals surface area contributed by atoms with Gasteiger partial charge in [-0.1, -0.05) is 26.0 Å². The fourth-order valence-corrected chi connectivity index (χ4v) is 2.17. The first-order valence-electron chi connectivity index (χ1n) is 8.81. The van der Waals surface area contributed by atoms with Gasteiger partial charge in [0.1, 0.15) is 5.75 Å². The number of aliphatic imine (C=N–C) groups is 1. The van der Waals surface area contributed by atoms with Crippen molar-refractivity contribution in [1.82, 2.24) is 10.6 Å². The molecule has 0 aromatic heterocycles. The van der Waals surface area contributed by atoms with E-state index in [9.17, 15) is 0 Å². The van der Waals surface area contributed by atoms with Crippen LogP contribution in [0.4, 0.5) is 0 Å². The van der Waals surface area contributed by atoms with Crippen LogP contribution in [0.1, 0.15) is 32.3 Å². The van der Waals surface area contributed by atoms with Crippen LogP contribution in [0.25, 0.3) is 0 Å². The standard InChI is InChI=1S/C19H33N3O2/c1-16(2)11-14-24-15-13-22-19(20-3)21-12-5-6-17-7-9-18(23-4)10-8-17/h7-10,16H,5-6,11-15H2,1-4H3,(H2,20,21,22). The normalized spacial score (nSPS) is 11.6. The van der Waals surface area contributed by atoms with Gasteiger partial charge < -0.3 is 20.1 Å². The zero-order valence-electron chi connectivity index (χ0n) is 15.6. The van der Waals surface area contributed by atoms with E-state index in [1.807, 2.05) is 12.1 Å². The smallest absolute Gasteiger partial charge is 0.191 e. The lowest BCUT2D eigenvalue weighted by Crippen LogP contribution is -2.39. The van der Waals surface area contributed by atoms with Crippen molar-refractivity contribution in [1.29, 1.82) is 0 Å². The lowest BCUT2D eigenvalue weighted by atomic mass is 10.1. The molecule has 0 radical (unpaired) electrons. The van der Waals surface area contributed by atoms with E-state index < -0.39 is 0 Å². The molecule has 5 heteroatoms. The molecular weight excluding hydrogens is 302 g/mol.